The van der Waals surface area contributed by atoms with Crippen LogP contribution in [0.3, 0.4) is 0 Å². The number of para-hydroxylation sites is 1. The van der Waals surface area contributed by atoms with E-state index in [9.17, 15) is 0 Å². The van der Waals surface area contributed by atoms with E-state index in [4.69, 9.17) is 4.98 Å². The highest BCUT2D eigenvalue weighted by atomic mass is 14.7. The Morgan fingerprint density at radius 3 is 1.31 bits per heavy atom. The van der Waals surface area contributed by atoms with Crippen molar-refractivity contribution >= 4 is 43.2 Å². The second-order valence-electron chi connectivity index (χ2n) is 17.7. The molecule has 65 heavy (non-hydrogen) atoms. The molecule has 300 valence electrons. The topological polar surface area (TPSA) is 12.9 Å². The fourth-order valence-corrected chi connectivity index (χ4v) is 11.8. The molecule has 0 bridgehead atoms. The van der Waals surface area contributed by atoms with Crippen LogP contribution in [0.25, 0.3) is 110 Å². The molecule has 1 aromatic heterocycles. The summed E-state index contributed by atoms with van der Waals surface area (Å²) in [4.78, 5) is 5.56. The van der Waals surface area contributed by atoms with Gasteiger partial charge < -0.3 is 0 Å². The first-order valence-electron chi connectivity index (χ1n) is 22.6. The third-order valence-electron chi connectivity index (χ3n) is 14.5. The van der Waals surface area contributed by atoms with Crippen LogP contribution in [0.15, 0.2) is 237 Å². The number of hydrogen-bond acceptors (Lipinski definition) is 1. The van der Waals surface area contributed by atoms with E-state index in [1.54, 1.807) is 0 Å². The standard InChI is InChI=1S/C64H39N/c1-2-17-40(18-3-1)41-33-35-42(36-34-41)61-49-25-4-6-27-51(49)62(52-28-7-5-26-50(52)61)43-19-16-20-44(37-43)63-55-38-54-47-23-10-14-31-58(47)64(59(54)39-53(55)48-24-11-15-32-60(48)65-63)56-29-12-8-21-45(56)46-22-9-13-30-57(46)64/h1-39H. The quantitative estimate of drug-likeness (QED) is 0.127. The molecular weight excluding hydrogens is 783 g/mol. The molecule has 1 spiro atoms. The summed E-state index contributed by atoms with van der Waals surface area (Å²) in [5, 5.41) is 8.51. The lowest BCUT2D eigenvalue weighted by atomic mass is 9.70. The predicted molar refractivity (Wildman–Crippen MR) is 272 cm³/mol. The molecule has 0 amide bonds. The van der Waals surface area contributed by atoms with Crippen LogP contribution < -0.4 is 0 Å². The van der Waals surface area contributed by atoms with E-state index < -0.39 is 5.41 Å². The Kier molecular flexibility index (Phi) is 7.67. The van der Waals surface area contributed by atoms with Crippen molar-refractivity contribution in [3.05, 3.63) is 259 Å². The van der Waals surface area contributed by atoms with Crippen LogP contribution in [0, 0.1) is 0 Å². The monoisotopic (exact) mass is 821 g/mol. The number of nitrogens with zero attached hydrogens (tertiary/aromatic N) is 1. The van der Waals surface area contributed by atoms with Crippen molar-refractivity contribution < 1.29 is 0 Å². The fraction of sp³-hybridized carbons (Fsp3) is 0.0156. The summed E-state index contributed by atoms with van der Waals surface area (Å²) < 4.78 is 0. The van der Waals surface area contributed by atoms with Gasteiger partial charge in [0.15, 0.2) is 0 Å². The molecule has 0 saturated carbocycles. The summed E-state index contributed by atoms with van der Waals surface area (Å²) in [7, 11) is 0. The molecule has 11 aromatic carbocycles. The molecule has 1 heteroatoms. The van der Waals surface area contributed by atoms with Crippen LogP contribution in [0.2, 0.25) is 0 Å². The first-order chi connectivity index (χ1) is 32.3. The van der Waals surface area contributed by atoms with Crippen LogP contribution in [0.1, 0.15) is 22.3 Å². The molecule has 14 rings (SSSR count). The van der Waals surface area contributed by atoms with E-state index in [1.807, 2.05) is 0 Å². The third-order valence-corrected chi connectivity index (χ3v) is 14.5. The molecule has 0 unspecified atom stereocenters. The van der Waals surface area contributed by atoms with E-state index in [-0.39, 0.29) is 0 Å². The predicted octanol–water partition coefficient (Wildman–Crippen LogP) is 16.7. The van der Waals surface area contributed by atoms with Gasteiger partial charge in [-0.05, 0) is 129 Å². The maximum Gasteiger partial charge on any atom is 0.0788 e. The third kappa shape index (κ3) is 5.07. The van der Waals surface area contributed by atoms with Crippen molar-refractivity contribution in [2.45, 2.75) is 5.41 Å². The van der Waals surface area contributed by atoms with Crippen LogP contribution >= 0.6 is 0 Å². The lowest BCUT2D eigenvalue weighted by Gasteiger charge is -2.30. The summed E-state index contributed by atoms with van der Waals surface area (Å²) in [5.74, 6) is 0. The van der Waals surface area contributed by atoms with Gasteiger partial charge in [-0.2, -0.15) is 0 Å². The molecule has 1 heterocycles. The number of aromatic nitrogens is 1. The van der Waals surface area contributed by atoms with Gasteiger partial charge in [0.1, 0.15) is 0 Å². The molecule has 0 aliphatic heterocycles. The Bertz CT molecular complexity index is 3830. The summed E-state index contributed by atoms with van der Waals surface area (Å²) in [6, 6.07) is 87.6. The Labute approximate surface area is 377 Å². The molecule has 0 N–H and O–H groups in total. The lowest BCUT2D eigenvalue weighted by molar-refractivity contribution is 0.795. The van der Waals surface area contributed by atoms with Crippen molar-refractivity contribution in [2.24, 2.45) is 0 Å². The number of hydrogen-bond donors (Lipinski definition) is 0. The van der Waals surface area contributed by atoms with Crippen LogP contribution in [-0.4, -0.2) is 4.98 Å². The Balaban J connectivity index is 0.997. The second-order valence-corrected chi connectivity index (χ2v) is 17.7. The SMILES string of the molecule is c1ccc(-c2ccc(-c3c4ccccc4c(-c4cccc(-c5nc6ccccc6c6cc7c(cc56)-c5ccccc5C75c6ccccc6-c6ccccc65)c4)c4ccccc34)cc2)cc1. The van der Waals surface area contributed by atoms with Gasteiger partial charge in [0.25, 0.3) is 0 Å². The molecule has 0 atom stereocenters. The molecular formula is C64H39N. The highest BCUT2D eigenvalue weighted by Gasteiger charge is 2.51. The minimum absolute atomic E-state index is 0.421. The summed E-state index contributed by atoms with van der Waals surface area (Å²) in [6.45, 7) is 0. The first-order valence-corrected chi connectivity index (χ1v) is 22.6. The van der Waals surface area contributed by atoms with Gasteiger partial charge in [0, 0.05) is 16.3 Å². The number of rotatable bonds is 4. The Morgan fingerprint density at radius 2 is 0.692 bits per heavy atom. The van der Waals surface area contributed by atoms with Gasteiger partial charge in [0.05, 0.1) is 16.6 Å². The lowest BCUT2D eigenvalue weighted by Crippen LogP contribution is -2.25. The fourth-order valence-electron chi connectivity index (χ4n) is 11.8. The number of pyridine rings is 1. The van der Waals surface area contributed by atoms with E-state index in [2.05, 4.69) is 237 Å². The smallest absolute Gasteiger partial charge is 0.0788 e. The van der Waals surface area contributed by atoms with Gasteiger partial charge in [-0.3, -0.25) is 0 Å². The second kappa shape index (κ2) is 13.8. The zero-order valence-corrected chi connectivity index (χ0v) is 35.5. The average molecular weight is 822 g/mol. The molecule has 2 aliphatic rings. The van der Waals surface area contributed by atoms with Crippen molar-refractivity contribution in [1.82, 2.24) is 4.98 Å². The molecule has 0 radical (unpaired) electrons. The summed E-state index contributed by atoms with van der Waals surface area (Å²) in [5.41, 5.74) is 20.6. The van der Waals surface area contributed by atoms with Gasteiger partial charge in [0.2, 0.25) is 0 Å². The Morgan fingerprint density at radius 1 is 0.246 bits per heavy atom. The highest BCUT2D eigenvalue weighted by molar-refractivity contribution is 6.22. The highest BCUT2D eigenvalue weighted by Crippen LogP contribution is 2.63. The van der Waals surface area contributed by atoms with E-state index in [0.717, 1.165) is 22.2 Å². The largest absolute Gasteiger partial charge is 0.247 e. The zero-order chi connectivity index (χ0) is 42.6. The van der Waals surface area contributed by atoms with Gasteiger partial charge >= 0.3 is 0 Å². The van der Waals surface area contributed by atoms with Gasteiger partial charge in [-0.1, -0.05) is 212 Å². The average Bonchev–Trinajstić information content (AvgIpc) is 3.84. The van der Waals surface area contributed by atoms with Crippen molar-refractivity contribution in [3.63, 3.8) is 0 Å². The van der Waals surface area contributed by atoms with Crippen LogP contribution in [0.5, 0.6) is 0 Å². The molecule has 0 fully saturated rings. The minimum atomic E-state index is -0.421. The molecule has 0 saturated heterocycles. The first kappa shape index (κ1) is 36.1. The van der Waals surface area contributed by atoms with Crippen LogP contribution in [-0.2, 0) is 5.41 Å². The minimum Gasteiger partial charge on any atom is -0.247 e. The number of benzene rings is 11. The molecule has 12 aromatic rings. The van der Waals surface area contributed by atoms with Crippen molar-refractivity contribution in [3.8, 4) is 66.9 Å². The Hall–Kier alpha value is -8.39. The maximum atomic E-state index is 5.56. The van der Waals surface area contributed by atoms with E-state index >= 15 is 0 Å². The van der Waals surface area contributed by atoms with E-state index in [0.29, 0.717) is 0 Å². The summed E-state index contributed by atoms with van der Waals surface area (Å²) >= 11 is 0. The number of fused-ring (bicyclic) bond motifs is 15. The van der Waals surface area contributed by atoms with Gasteiger partial charge in [-0.25, -0.2) is 4.98 Å². The zero-order valence-electron chi connectivity index (χ0n) is 35.5. The van der Waals surface area contributed by atoms with Crippen LogP contribution in [0.4, 0.5) is 0 Å². The van der Waals surface area contributed by atoms with Crippen molar-refractivity contribution in [2.75, 3.05) is 0 Å². The van der Waals surface area contributed by atoms with Crippen molar-refractivity contribution in [1.29, 1.82) is 0 Å². The van der Waals surface area contributed by atoms with Gasteiger partial charge in [-0.15, -0.1) is 0 Å². The summed E-state index contributed by atoms with van der Waals surface area (Å²) in [6.07, 6.45) is 0. The van der Waals surface area contributed by atoms with E-state index in [1.165, 1.54) is 110 Å². The maximum absolute atomic E-state index is 5.56. The normalized spacial score (nSPS) is 13.0. The molecule has 2 aliphatic carbocycles. The molecule has 1 nitrogen and oxygen atoms in total.